The third-order valence-electron chi connectivity index (χ3n) is 4.37. The first-order chi connectivity index (χ1) is 12.8. The van der Waals surface area contributed by atoms with Gasteiger partial charge in [0, 0.05) is 0 Å². The average molecular weight is 401 g/mol. The van der Waals surface area contributed by atoms with Crippen molar-refractivity contribution < 1.29 is 8.42 Å². The van der Waals surface area contributed by atoms with Gasteiger partial charge in [0.2, 0.25) is 10.0 Å². The predicted octanol–water partition coefficient (Wildman–Crippen LogP) is 4.07. The molecule has 3 rings (SSSR count). The summed E-state index contributed by atoms with van der Waals surface area (Å²) in [5.41, 5.74) is 8.73. The monoisotopic (exact) mass is 400 g/mol. The molecule has 0 aliphatic rings. The van der Waals surface area contributed by atoms with E-state index in [1.54, 1.807) is 48.5 Å². The van der Waals surface area contributed by atoms with Crippen molar-refractivity contribution in [3.8, 4) is 0 Å². The minimum Gasteiger partial charge on any atom is -0.307 e. The van der Waals surface area contributed by atoms with Crippen molar-refractivity contribution in [2.24, 2.45) is 5.73 Å². The number of nitrogens with one attached hydrogen (secondary N) is 1. The lowest BCUT2D eigenvalue weighted by atomic mass is 9.94. The van der Waals surface area contributed by atoms with Crippen LogP contribution < -0.4 is 10.5 Å². The number of nitrogens with two attached hydrogens (primary N) is 1. The van der Waals surface area contributed by atoms with Gasteiger partial charge in [0.05, 0.1) is 10.9 Å². The van der Waals surface area contributed by atoms with Crippen LogP contribution in [0.3, 0.4) is 0 Å². The van der Waals surface area contributed by atoms with Crippen LogP contribution in [0.4, 0.5) is 0 Å². The van der Waals surface area contributed by atoms with Gasteiger partial charge in [-0.15, -0.1) is 0 Å². The zero-order valence-electron chi connectivity index (χ0n) is 14.8. The summed E-state index contributed by atoms with van der Waals surface area (Å²) in [7, 11) is -3.83. The minimum absolute atomic E-state index is 0.162. The van der Waals surface area contributed by atoms with E-state index >= 15 is 0 Å². The van der Waals surface area contributed by atoms with E-state index in [1.807, 2.05) is 43.3 Å². The van der Waals surface area contributed by atoms with Crippen LogP contribution in [0.2, 0.25) is 0 Å². The van der Waals surface area contributed by atoms with Gasteiger partial charge >= 0.3 is 0 Å². The molecular weight excluding hydrogens is 380 g/mol. The Kier molecular flexibility index (Phi) is 5.67. The molecule has 140 valence electrons. The SMILES string of the molecule is Cc1ccc(S(=O)(=O)N[C@H](c2ccccc2)[C@](N)(Cl)c2ccccc2)cc1. The Morgan fingerprint density at radius 3 is 1.96 bits per heavy atom. The van der Waals surface area contributed by atoms with E-state index in [0.29, 0.717) is 11.1 Å². The number of halogens is 1. The largest absolute Gasteiger partial charge is 0.307 e. The van der Waals surface area contributed by atoms with Gasteiger partial charge in [-0.3, -0.25) is 0 Å². The van der Waals surface area contributed by atoms with Gasteiger partial charge in [-0.05, 0) is 30.2 Å². The molecule has 0 unspecified atom stereocenters. The van der Waals surface area contributed by atoms with Crippen LogP contribution >= 0.6 is 11.6 Å². The van der Waals surface area contributed by atoms with Crippen LogP contribution in [-0.4, -0.2) is 8.42 Å². The Bertz CT molecular complexity index is 989. The quantitative estimate of drug-likeness (QED) is 0.484. The number of hydrogen-bond donors (Lipinski definition) is 2. The number of sulfonamides is 1. The van der Waals surface area contributed by atoms with Crippen molar-refractivity contribution >= 4 is 21.6 Å². The maximum atomic E-state index is 13.0. The van der Waals surface area contributed by atoms with Gasteiger partial charge in [0.1, 0.15) is 5.00 Å². The summed E-state index contributed by atoms with van der Waals surface area (Å²) in [6, 6.07) is 23.9. The van der Waals surface area contributed by atoms with Crippen molar-refractivity contribution in [1.29, 1.82) is 0 Å². The molecule has 4 nitrogen and oxygen atoms in total. The molecule has 3 aromatic carbocycles. The first-order valence-electron chi connectivity index (χ1n) is 8.48. The maximum absolute atomic E-state index is 13.0. The predicted molar refractivity (Wildman–Crippen MR) is 109 cm³/mol. The summed E-state index contributed by atoms with van der Waals surface area (Å²) >= 11 is 6.73. The molecule has 0 bridgehead atoms. The van der Waals surface area contributed by atoms with Gasteiger partial charge in [-0.1, -0.05) is 90.0 Å². The standard InChI is InChI=1S/C21H21ClN2O2S/c1-16-12-14-19(15-13-16)27(25,26)24-20(17-8-4-2-5-9-17)21(22,23)18-10-6-3-7-11-18/h2-15,20,24H,23H2,1H3/t20-,21+/m1/s1. The fourth-order valence-corrected chi connectivity index (χ4v) is 4.48. The molecule has 2 atom stereocenters. The van der Waals surface area contributed by atoms with Crippen LogP contribution in [-0.2, 0) is 15.0 Å². The maximum Gasteiger partial charge on any atom is 0.241 e. The summed E-state index contributed by atoms with van der Waals surface area (Å²) in [5, 5.41) is 0. The molecule has 0 saturated carbocycles. The molecule has 0 fully saturated rings. The molecule has 0 aromatic heterocycles. The van der Waals surface area contributed by atoms with E-state index in [9.17, 15) is 8.42 Å². The van der Waals surface area contributed by atoms with E-state index in [0.717, 1.165) is 5.56 Å². The van der Waals surface area contributed by atoms with Crippen LogP contribution in [0.5, 0.6) is 0 Å². The van der Waals surface area contributed by atoms with Crippen molar-refractivity contribution in [3.05, 3.63) is 102 Å². The first kappa shape index (κ1) is 19.6. The smallest absolute Gasteiger partial charge is 0.241 e. The fraction of sp³-hybridized carbons (Fsp3) is 0.143. The Balaban J connectivity index is 2.05. The highest BCUT2D eigenvalue weighted by Gasteiger charge is 2.38. The molecule has 3 aromatic rings. The lowest BCUT2D eigenvalue weighted by Crippen LogP contribution is -2.46. The van der Waals surface area contributed by atoms with Crippen LogP contribution in [0.1, 0.15) is 22.7 Å². The van der Waals surface area contributed by atoms with E-state index < -0.39 is 21.1 Å². The molecule has 6 heteroatoms. The Labute approximate surface area is 165 Å². The highest BCUT2D eigenvalue weighted by molar-refractivity contribution is 7.89. The van der Waals surface area contributed by atoms with E-state index in [-0.39, 0.29) is 4.90 Å². The highest BCUT2D eigenvalue weighted by Crippen LogP contribution is 2.37. The molecule has 0 saturated heterocycles. The first-order valence-corrected chi connectivity index (χ1v) is 10.3. The molecule has 0 aliphatic heterocycles. The molecule has 3 N–H and O–H groups in total. The van der Waals surface area contributed by atoms with Gasteiger partial charge < -0.3 is 5.73 Å². The van der Waals surface area contributed by atoms with Crippen molar-refractivity contribution in [2.45, 2.75) is 22.9 Å². The van der Waals surface area contributed by atoms with Crippen LogP contribution in [0.25, 0.3) is 0 Å². The molecule has 0 aliphatic carbocycles. The summed E-state index contributed by atoms with van der Waals surface area (Å²) in [6.07, 6.45) is 0. The lowest BCUT2D eigenvalue weighted by Gasteiger charge is -2.33. The van der Waals surface area contributed by atoms with Gasteiger partial charge in [-0.25, -0.2) is 13.1 Å². The second-order valence-electron chi connectivity index (χ2n) is 6.41. The highest BCUT2D eigenvalue weighted by atomic mass is 35.5. The second kappa shape index (κ2) is 7.82. The number of rotatable bonds is 6. The van der Waals surface area contributed by atoms with Crippen molar-refractivity contribution in [2.75, 3.05) is 0 Å². The van der Waals surface area contributed by atoms with Crippen LogP contribution in [0, 0.1) is 6.92 Å². The second-order valence-corrected chi connectivity index (χ2v) is 8.75. The zero-order valence-corrected chi connectivity index (χ0v) is 16.4. The summed E-state index contributed by atoms with van der Waals surface area (Å²) in [5.74, 6) is 0. The number of benzene rings is 3. The lowest BCUT2D eigenvalue weighted by molar-refractivity contribution is 0.460. The summed E-state index contributed by atoms with van der Waals surface area (Å²) in [4.78, 5) is -1.31. The Morgan fingerprint density at radius 2 is 1.41 bits per heavy atom. The van der Waals surface area contributed by atoms with Gasteiger partial charge in [-0.2, -0.15) is 0 Å². The molecule has 0 amide bonds. The van der Waals surface area contributed by atoms with E-state index in [1.165, 1.54) is 0 Å². The number of hydrogen-bond acceptors (Lipinski definition) is 3. The third kappa shape index (κ3) is 4.39. The summed E-state index contributed by atoms with van der Waals surface area (Å²) in [6.45, 7) is 1.90. The van der Waals surface area contributed by atoms with Crippen molar-refractivity contribution in [1.82, 2.24) is 4.72 Å². The molecule has 0 spiro atoms. The minimum atomic E-state index is -3.83. The zero-order chi connectivity index (χ0) is 19.5. The van der Waals surface area contributed by atoms with E-state index in [2.05, 4.69) is 4.72 Å². The molecular formula is C21H21ClN2O2S. The molecule has 0 radical (unpaired) electrons. The molecule has 0 heterocycles. The van der Waals surface area contributed by atoms with Gasteiger partial charge in [0.25, 0.3) is 0 Å². The van der Waals surface area contributed by atoms with Crippen LogP contribution in [0.15, 0.2) is 89.8 Å². The Morgan fingerprint density at radius 1 is 0.889 bits per heavy atom. The fourth-order valence-electron chi connectivity index (χ4n) is 2.84. The normalized spacial score (nSPS) is 15.1. The summed E-state index contributed by atoms with van der Waals surface area (Å²) < 4.78 is 28.7. The number of alkyl halides is 1. The van der Waals surface area contributed by atoms with Crippen molar-refractivity contribution in [3.63, 3.8) is 0 Å². The number of aryl methyl sites for hydroxylation is 1. The topological polar surface area (TPSA) is 72.2 Å². The third-order valence-corrected chi connectivity index (χ3v) is 6.25. The van der Waals surface area contributed by atoms with Gasteiger partial charge in [0.15, 0.2) is 0 Å². The molecule has 27 heavy (non-hydrogen) atoms. The van der Waals surface area contributed by atoms with E-state index in [4.69, 9.17) is 17.3 Å². The Hall–Kier alpha value is -2.18. The average Bonchev–Trinajstić information content (AvgIpc) is 2.68.